The van der Waals surface area contributed by atoms with Gasteiger partial charge in [0.25, 0.3) is 0 Å². The van der Waals surface area contributed by atoms with Gasteiger partial charge < -0.3 is 9.05 Å². The summed E-state index contributed by atoms with van der Waals surface area (Å²) < 4.78 is 9.96. The van der Waals surface area contributed by atoms with Crippen LogP contribution in [0.2, 0.25) is 0 Å². The van der Waals surface area contributed by atoms with Crippen molar-refractivity contribution in [2.45, 2.75) is 13.8 Å². The Hall–Kier alpha value is -1.12. The predicted molar refractivity (Wildman–Crippen MR) is 37.0 cm³/mol. The van der Waals surface area contributed by atoms with Crippen LogP contribution in [0.5, 0.6) is 0 Å². The molecule has 56 valence electrons. The van der Waals surface area contributed by atoms with Crippen LogP contribution in [0.4, 0.5) is 0 Å². The smallest absolute Gasteiger partial charge is 0.126 e. The molecule has 0 unspecified atom stereocenters. The minimum Gasteiger partial charge on any atom is -0.358 e. The van der Waals surface area contributed by atoms with Crippen LogP contribution in [0.25, 0.3) is 0 Å². The molecule has 1 heterocycles. The van der Waals surface area contributed by atoms with Gasteiger partial charge in [-0.25, -0.2) is 0 Å². The number of nitrogens with zero attached hydrogens (tertiary/aromatic N) is 1. The Kier molecular flexibility index (Phi) is 1.85. The van der Waals surface area contributed by atoms with E-state index in [1.54, 1.807) is 19.6 Å². The Balaban J connectivity index is 3.28. The van der Waals surface area contributed by atoms with Crippen LogP contribution in [0.1, 0.15) is 11.1 Å². The molecule has 0 bridgehead atoms. The van der Waals surface area contributed by atoms with Crippen LogP contribution in [-0.2, 0) is 7.05 Å². The molecule has 0 aliphatic rings. The summed E-state index contributed by atoms with van der Waals surface area (Å²) in [5, 5.41) is 0. The monoisotopic (exact) mass is 141 g/mol. The lowest BCUT2D eigenvalue weighted by Gasteiger charge is -1.84. The highest BCUT2D eigenvalue weighted by atomic mass is 16.7. The summed E-state index contributed by atoms with van der Waals surface area (Å²) in [7, 11) is 1.69. The molecule has 0 fully saturated rings. The van der Waals surface area contributed by atoms with E-state index in [4.69, 9.17) is 9.05 Å². The lowest BCUT2D eigenvalue weighted by Crippen LogP contribution is -1.79. The van der Waals surface area contributed by atoms with Crippen LogP contribution >= 0.6 is 0 Å². The molecule has 0 spiro atoms. The van der Waals surface area contributed by atoms with Crippen molar-refractivity contribution in [2.24, 2.45) is 7.05 Å². The van der Waals surface area contributed by atoms with Crippen molar-refractivity contribution in [1.82, 2.24) is 4.91 Å². The molecule has 0 aromatic carbocycles. The number of aromatic nitrogens is 1. The third kappa shape index (κ3) is 1.43. The maximum absolute atomic E-state index is 4.98. The van der Waals surface area contributed by atoms with Gasteiger partial charge in [-0.1, -0.05) is 4.91 Å². The van der Waals surface area contributed by atoms with E-state index in [1.165, 1.54) is 4.91 Å². The lowest BCUT2D eigenvalue weighted by molar-refractivity contribution is 0.0793. The van der Waals surface area contributed by atoms with E-state index in [1.807, 2.05) is 13.8 Å². The summed E-state index contributed by atoms with van der Waals surface area (Å²) in [6.45, 7) is 3.93. The fourth-order valence-corrected chi connectivity index (χ4v) is 0.517. The molecule has 0 N–H and O–H groups in total. The van der Waals surface area contributed by atoms with Gasteiger partial charge in [0.05, 0.1) is 7.05 Å². The van der Waals surface area contributed by atoms with Gasteiger partial charge in [-0.05, 0) is 25.0 Å². The Labute approximate surface area is 59.5 Å². The van der Waals surface area contributed by atoms with Crippen molar-refractivity contribution >= 4 is 0 Å². The van der Waals surface area contributed by atoms with Crippen LogP contribution in [0.15, 0.2) is 21.6 Å². The first kappa shape index (κ1) is 6.99. The van der Waals surface area contributed by atoms with E-state index in [0.29, 0.717) is 0 Å². The van der Waals surface area contributed by atoms with E-state index in [-0.39, 0.29) is 0 Å². The lowest BCUT2D eigenvalue weighted by atomic mass is 10.2. The number of rotatable bonds is 0. The van der Waals surface area contributed by atoms with Crippen LogP contribution < -0.4 is 0 Å². The molecule has 3 heteroatoms. The molecule has 3 nitrogen and oxygen atoms in total. The summed E-state index contributed by atoms with van der Waals surface area (Å²) >= 11 is 0. The molecular formula is C7H11NO2. The van der Waals surface area contributed by atoms with Gasteiger partial charge in [-0.15, -0.1) is 0 Å². The molecule has 0 radical (unpaired) electrons. The first-order valence-corrected chi connectivity index (χ1v) is 3.11. The number of hydrogen-bond acceptors (Lipinski definition) is 2. The fourth-order valence-electron chi connectivity index (χ4n) is 0.517. The van der Waals surface area contributed by atoms with Crippen molar-refractivity contribution in [1.29, 1.82) is 0 Å². The average Bonchev–Trinajstić information content (AvgIpc) is 2.04. The summed E-state index contributed by atoms with van der Waals surface area (Å²) in [5.74, 6) is 0. The first-order chi connectivity index (χ1) is 4.70. The molecule has 1 aromatic rings. The zero-order chi connectivity index (χ0) is 7.56. The largest absolute Gasteiger partial charge is 0.358 e. The van der Waals surface area contributed by atoms with E-state index >= 15 is 0 Å². The third-order valence-electron chi connectivity index (χ3n) is 1.38. The van der Waals surface area contributed by atoms with E-state index in [9.17, 15) is 0 Å². The highest BCUT2D eigenvalue weighted by Gasteiger charge is 1.88. The van der Waals surface area contributed by atoms with Crippen molar-refractivity contribution in [3.63, 3.8) is 0 Å². The zero-order valence-corrected chi connectivity index (χ0v) is 6.42. The predicted octanol–water partition coefficient (Wildman–Crippen LogP) is 1.95. The topological polar surface area (TPSA) is 31.2 Å². The van der Waals surface area contributed by atoms with Crippen molar-refractivity contribution in [2.75, 3.05) is 0 Å². The fraction of sp³-hybridized carbons (Fsp3) is 0.429. The van der Waals surface area contributed by atoms with Gasteiger partial charge >= 0.3 is 0 Å². The Morgan fingerprint density at radius 1 is 1.10 bits per heavy atom. The van der Waals surface area contributed by atoms with Gasteiger partial charge in [0.1, 0.15) is 12.5 Å². The molecule has 1 aromatic heterocycles. The summed E-state index contributed by atoms with van der Waals surface area (Å²) in [4.78, 5) is 1.29. The second-order valence-corrected chi connectivity index (χ2v) is 2.25. The maximum atomic E-state index is 4.98. The van der Waals surface area contributed by atoms with Gasteiger partial charge in [0.2, 0.25) is 0 Å². The summed E-state index contributed by atoms with van der Waals surface area (Å²) in [5.41, 5.74) is 2.15. The Morgan fingerprint density at radius 2 is 1.50 bits per heavy atom. The highest BCUT2D eigenvalue weighted by molar-refractivity contribution is 5.13. The van der Waals surface area contributed by atoms with E-state index in [2.05, 4.69) is 0 Å². The molecule has 0 amide bonds. The van der Waals surface area contributed by atoms with Gasteiger partial charge in [0.15, 0.2) is 0 Å². The highest BCUT2D eigenvalue weighted by Crippen LogP contribution is 2.01. The Morgan fingerprint density at radius 3 is 1.90 bits per heavy atom. The standard InChI is InChI=1S/C7H11NO2/c1-6-4-9-8(3)10-5-7(6)2/h4-5H,1-3H3. The van der Waals surface area contributed by atoms with Gasteiger partial charge in [-0.3, -0.25) is 0 Å². The molecule has 10 heavy (non-hydrogen) atoms. The van der Waals surface area contributed by atoms with Gasteiger partial charge in [-0.2, -0.15) is 0 Å². The normalized spacial score (nSPS) is 9.50. The minimum absolute atomic E-state index is 1.07. The van der Waals surface area contributed by atoms with Crippen LogP contribution in [0, 0.1) is 13.8 Å². The van der Waals surface area contributed by atoms with Crippen molar-refractivity contribution in [3.05, 3.63) is 23.7 Å². The molecule has 0 atom stereocenters. The molecule has 0 saturated heterocycles. The first-order valence-electron chi connectivity index (χ1n) is 3.11. The van der Waals surface area contributed by atoms with Crippen molar-refractivity contribution < 1.29 is 9.05 Å². The van der Waals surface area contributed by atoms with Gasteiger partial charge in [0, 0.05) is 0 Å². The summed E-state index contributed by atoms with van der Waals surface area (Å²) in [6, 6.07) is 0. The second-order valence-electron chi connectivity index (χ2n) is 2.25. The van der Waals surface area contributed by atoms with Crippen molar-refractivity contribution in [3.8, 4) is 0 Å². The summed E-state index contributed by atoms with van der Waals surface area (Å²) in [6.07, 6.45) is 3.30. The van der Waals surface area contributed by atoms with E-state index < -0.39 is 0 Å². The SMILES string of the molecule is Cc1con(C)occ1C. The maximum Gasteiger partial charge on any atom is 0.126 e. The second kappa shape index (κ2) is 2.64. The number of hydrogen-bond donors (Lipinski definition) is 0. The zero-order valence-electron chi connectivity index (χ0n) is 6.42. The third-order valence-corrected chi connectivity index (χ3v) is 1.38. The average molecular weight is 141 g/mol. The van der Waals surface area contributed by atoms with Crippen LogP contribution in [0.3, 0.4) is 0 Å². The van der Waals surface area contributed by atoms with Crippen LogP contribution in [-0.4, -0.2) is 4.91 Å². The molecule has 0 aliphatic carbocycles. The molecule has 0 aliphatic heterocycles. The quantitative estimate of drug-likeness (QED) is 0.553. The Bertz CT molecular complexity index is 228. The molecule has 0 saturated carbocycles. The van der Waals surface area contributed by atoms with E-state index in [0.717, 1.165) is 11.1 Å². The molecular weight excluding hydrogens is 130 g/mol. The molecule has 1 rings (SSSR count). The minimum atomic E-state index is 1.07. The number of aryl methyl sites for hydroxylation is 3.